The molecule has 6 nitrogen and oxygen atoms in total. The molecule has 0 aliphatic rings. The van der Waals surface area contributed by atoms with E-state index < -0.39 is 0 Å². The molecule has 0 aliphatic heterocycles. The van der Waals surface area contributed by atoms with Gasteiger partial charge in [0.25, 0.3) is 5.56 Å². The predicted molar refractivity (Wildman–Crippen MR) is 90.6 cm³/mol. The summed E-state index contributed by atoms with van der Waals surface area (Å²) >= 11 is 1.37. The smallest absolute Gasteiger partial charge is 0.335 e. The van der Waals surface area contributed by atoms with Gasteiger partial charge in [-0.2, -0.15) is 4.37 Å². The first-order chi connectivity index (χ1) is 10.9. The molecule has 0 radical (unpaired) electrons. The summed E-state index contributed by atoms with van der Waals surface area (Å²) in [5, 5.41) is 0.899. The van der Waals surface area contributed by atoms with Crippen LogP contribution >= 0.6 is 11.5 Å². The van der Waals surface area contributed by atoms with Crippen molar-refractivity contribution in [1.29, 1.82) is 0 Å². The second-order valence-electron chi connectivity index (χ2n) is 5.43. The molecule has 0 amide bonds. The van der Waals surface area contributed by atoms with Crippen LogP contribution in [0.15, 0.2) is 33.9 Å². The fraction of sp³-hybridized carbons (Fsp3) is 0.312. The number of aromatic nitrogens is 3. The molecule has 1 atom stereocenters. The van der Waals surface area contributed by atoms with Crippen molar-refractivity contribution in [2.75, 3.05) is 7.11 Å². The van der Waals surface area contributed by atoms with Crippen molar-refractivity contribution in [3.63, 3.8) is 0 Å². The number of benzene rings is 1. The lowest BCUT2D eigenvalue weighted by molar-refractivity contribution is 0.118. The molecule has 0 aliphatic carbocycles. The highest BCUT2D eigenvalue weighted by atomic mass is 32.1. The van der Waals surface area contributed by atoms with Gasteiger partial charge in [-0.15, -0.1) is 0 Å². The third kappa shape index (κ3) is 2.51. The molecule has 3 rings (SSSR count). The minimum atomic E-state index is -0.362. The number of fused-ring (bicyclic) bond motifs is 1. The summed E-state index contributed by atoms with van der Waals surface area (Å²) < 4.78 is 13.4. The molecule has 1 aromatic carbocycles. The molecule has 2 heterocycles. The lowest BCUT2D eigenvalue weighted by atomic mass is 10.1. The number of nitrogens with zero attached hydrogens (tertiary/aromatic N) is 3. The van der Waals surface area contributed by atoms with Gasteiger partial charge in [-0.1, -0.05) is 0 Å². The SMILES string of the molecule is COC(C)c1nsc2ccc(-n3c(=O)cc(C)n(C)c3=O)cc12. The van der Waals surface area contributed by atoms with Crippen molar-refractivity contribution in [1.82, 2.24) is 13.5 Å². The van der Waals surface area contributed by atoms with E-state index in [1.165, 1.54) is 26.7 Å². The van der Waals surface area contributed by atoms with Crippen molar-refractivity contribution in [2.45, 2.75) is 20.0 Å². The molecule has 23 heavy (non-hydrogen) atoms. The summed E-state index contributed by atoms with van der Waals surface area (Å²) in [6.07, 6.45) is -0.156. The molecular weight excluding hydrogens is 314 g/mol. The first-order valence-electron chi connectivity index (χ1n) is 7.16. The minimum absolute atomic E-state index is 0.156. The van der Waals surface area contributed by atoms with Crippen LogP contribution in [0.2, 0.25) is 0 Å². The molecule has 7 heteroatoms. The van der Waals surface area contributed by atoms with Gasteiger partial charge in [-0.25, -0.2) is 9.36 Å². The first kappa shape index (κ1) is 15.6. The minimum Gasteiger partial charge on any atom is -0.375 e. The monoisotopic (exact) mass is 331 g/mol. The molecule has 3 aromatic rings. The van der Waals surface area contributed by atoms with Gasteiger partial charge in [0.1, 0.15) is 0 Å². The maximum absolute atomic E-state index is 12.4. The second kappa shape index (κ2) is 5.75. The lowest BCUT2D eigenvalue weighted by Gasteiger charge is -2.10. The highest BCUT2D eigenvalue weighted by Gasteiger charge is 2.15. The van der Waals surface area contributed by atoms with Gasteiger partial charge in [0.15, 0.2) is 0 Å². The van der Waals surface area contributed by atoms with Crippen LogP contribution in [0.5, 0.6) is 0 Å². The van der Waals surface area contributed by atoms with Gasteiger partial charge >= 0.3 is 5.69 Å². The number of aryl methyl sites for hydroxylation is 1. The highest BCUT2D eigenvalue weighted by Crippen LogP contribution is 2.29. The van der Waals surface area contributed by atoms with Gasteiger partial charge in [-0.05, 0) is 43.6 Å². The van der Waals surface area contributed by atoms with E-state index in [1.807, 2.05) is 19.1 Å². The molecule has 0 N–H and O–H groups in total. The summed E-state index contributed by atoms with van der Waals surface area (Å²) in [5.41, 5.74) is 1.27. The Hall–Kier alpha value is -2.25. The molecule has 2 aromatic heterocycles. The number of hydrogen-bond acceptors (Lipinski definition) is 5. The number of hydrogen-bond donors (Lipinski definition) is 0. The standard InChI is InChI=1S/C16H17N3O3S/c1-9-7-14(20)19(16(21)18(9)3)11-5-6-13-12(8-11)15(17-23-13)10(2)22-4/h5-8,10H,1-4H3. The average Bonchev–Trinajstić information content (AvgIpc) is 2.95. The first-order valence-corrected chi connectivity index (χ1v) is 7.93. The third-order valence-electron chi connectivity index (χ3n) is 4.04. The molecular formula is C16H17N3O3S. The summed E-state index contributed by atoms with van der Waals surface area (Å²) in [7, 11) is 3.27. The Balaban J connectivity index is 2.28. The van der Waals surface area contributed by atoms with Crippen molar-refractivity contribution < 1.29 is 4.74 Å². The zero-order valence-electron chi connectivity index (χ0n) is 13.4. The Kier molecular flexibility index (Phi) is 3.91. The maximum Gasteiger partial charge on any atom is 0.335 e. The lowest BCUT2D eigenvalue weighted by Crippen LogP contribution is -2.38. The highest BCUT2D eigenvalue weighted by molar-refractivity contribution is 7.13. The molecule has 0 saturated heterocycles. The van der Waals surface area contributed by atoms with E-state index in [1.54, 1.807) is 27.1 Å². The van der Waals surface area contributed by atoms with E-state index in [0.717, 1.165) is 15.8 Å². The predicted octanol–water partition coefficient (Wildman–Crippen LogP) is 2.16. The number of rotatable bonds is 3. The van der Waals surface area contributed by atoms with E-state index in [2.05, 4.69) is 4.37 Å². The van der Waals surface area contributed by atoms with Gasteiger partial charge in [0.05, 0.1) is 22.2 Å². The van der Waals surface area contributed by atoms with Crippen LogP contribution in [-0.2, 0) is 11.8 Å². The fourth-order valence-electron chi connectivity index (χ4n) is 2.46. The van der Waals surface area contributed by atoms with Crippen molar-refractivity contribution in [3.05, 3.63) is 56.5 Å². The second-order valence-corrected chi connectivity index (χ2v) is 6.23. The van der Waals surface area contributed by atoms with Crippen LogP contribution in [0.3, 0.4) is 0 Å². The Labute approximate surface area is 136 Å². The van der Waals surface area contributed by atoms with Gasteiger partial charge < -0.3 is 9.30 Å². The maximum atomic E-state index is 12.4. The Morgan fingerprint density at radius 3 is 2.70 bits per heavy atom. The summed E-state index contributed by atoms with van der Waals surface area (Å²) in [6.45, 7) is 3.65. The molecule has 0 fully saturated rings. The number of ether oxygens (including phenoxy) is 1. The van der Waals surface area contributed by atoms with E-state index in [9.17, 15) is 9.59 Å². The van der Waals surface area contributed by atoms with Crippen LogP contribution in [-0.4, -0.2) is 20.6 Å². The van der Waals surface area contributed by atoms with Crippen LogP contribution in [0.1, 0.15) is 24.4 Å². The zero-order chi connectivity index (χ0) is 16.7. The zero-order valence-corrected chi connectivity index (χ0v) is 14.2. The van der Waals surface area contributed by atoms with E-state index in [-0.39, 0.29) is 17.4 Å². The summed E-state index contributed by atoms with van der Waals surface area (Å²) in [6, 6.07) is 6.91. The van der Waals surface area contributed by atoms with Crippen molar-refractivity contribution in [3.8, 4) is 5.69 Å². The fourth-order valence-corrected chi connectivity index (χ4v) is 3.30. The topological polar surface area (TPSA) is 66.1 Å². The van der Waals surface area contributed by atoms with Crippen LogP contribution in [0.25, 0.3) is 15.8 Å². The van der Waals surface area contributed by atoms with Crippen molar-refractivity contribution in [2.24, 2.45) is 7.05 Å². The van der Waals surface area contributed by atoms with Crippen LogP contribution in [0.4, 0.5) is 0 Å². The Morgan fingerprint density at radius 1 is 1.26 bits per heavy atom. The van der Waals surface area contributed by atoms with E-state index in [4.69, 9.17) is 4.74 Å². The molecule has 0 bridgehead atoms. The van der Waals surface area contributed by atoms with Crippen molar-refractivity contribution >= 4 is 21.6 Å². The molecule has 0 saturated carbocycles. The quantitative estimate of drug-likeness (QED) is 0.738. The Bertz CT molecular complexity index is 1000. The van der Waals surface area contributed by atoms with Gasteiger partial charge in [0, 0.05) is 31.3 Å². The molecule has 1 unspecified atom stereocenters. The van der Waals surface area contributed by atoms with Gasteiger partial charge in [0.2, 0.25) is 0 Å². The normalized spacial score (nSPS) is 12.7. The van der Waals surface area contributed by atoms with Gasteiger partial charge in [-0.3, -0.25) is 4.79 Å². The summed E-state index contributed by atoms with van der Waals surface area (Å²) in [5.74, 6) is 0. The summed E-state index contributed by atoms with van der Waals surface area (Å²) in [4.78, 5) is 24.7. The van der Waals surface area contributed by atoms with Crippen LogP contribution in [0, 0.1) is 6.92 Å². The third-order valence-corrected chi connectivity index (χ3v) is 4.88. The molecule has 120 valence electrons. The van der Waals surface area contributed by atoms with E-state index >= 15 is 0 Å². The number of methoxy groups -OCH3 is 1. The largest absolute Gasteiger partial charge is 0.375 e. The van der Waals surface area contributed by atoms with Crippen LogP contribution < -0.4 is 11.2 Å². The molecule has 0 spiro atoms. The van der Waals surface area contributed by atoms with E-state index in [0.29, 0.717) is 11.4 Å². The average molecular weight is 331 g/mol. The Morgan fingerprint density at radius 2 is 2.00 bits per heavy atom.